The van der Waals surface area contributed by atoms with Gasteiger partial charge in [-0.1, -0.05) is 0 Å². The molecule has 0 bridgehead atoms. The molecule has 2 nitrogen and oxygen atoms in total. The van der Waals surface area contributed by atoms with E-state index in [9.17, 15) is 4.79 Å². The Balaban J connectivity index is 2.79. The molecule has 0 N–H and O–H groups in total. The van der Waals surface area contributed by atoms with Crippen molar-refractivity contribution in [2.24, 2.45) is 0 Å². The van der Waals surface area contributed by atoms with Gasteiger partial charge in [0.25, 0.3) is 0 Å². The molecule has 3 heteroatoms. The van der Waals surface area contributed by atoms with Crippen LogP contribution in [0.2, 0.25) is 0 Å². The number of rotatable bonds is 2. The van der Waals surface area contributed by atoms with Crippen molar-refractivity contribution in [1.82, 2.24) is 4.98 Å². The molecule has 0 saturated heterocycles. The Morgan fingerprint density at radius 3 is 2.91 bits per heavy atom. The van der Waals surface area contributed by atoms with Crippen LogP contribution in [0.1, 0.15) is 12.5 Å². The number of carbonyl (C=O) groups excluding carboxylic acids is 1. The van der Waals surface area contributed by atoms with E-state index in [1.807, 2.05) is 6.07 Å². The maximum atomic E-state index is 10.7. The second-order valence-corrected chi connectivity index (χ2v) is 3.31. The van der Waals surface area contributed by atoms with Gasteiger partial charge >= 0.3 is 0 Å². The number of Topliss-reactive ketones (excluding diaryl/α,β-unsaturated/α-hetero) is 1. The third kappa shape index (κ3) is 2.80. The first kappa shape index (κ1) is 8.40. The fraction of sp³-hybridized carbons (Fsp3) is 0.250. The van der Waals surface area contributed by atoms with Crippen molar-refractivity contribution in [1.29, 1.82) is 0 Å². The zero-order valence-corrected chi connectivity index (χ0v) is 7.76. The Morgan fingerprint density at radius 2 is 2.36 bits per heavy atom. The highest BCUT2D eigenvalue weighted by molar-refractivity contribution is 9.10. The van der Waals surface area contributed by atoms with Crippen molar-refractivity contribution in [3.63, 3.8) is 0 Å². The van der Waals surface area contributed by atoms with Crippen LogP contribution in [0.3, 0.4) is 0 Å². The average molecular weight is 214 g/mol. The molecular weight excluding hydrogens is 206 g/mol. The van der Waals surface area contributed by atoms with Gasteiger partial charge in [0.05, 0.1) is 0 Å². The molecule has 0 atom stereocenters. The van der Waals surface area contributed by atoms with Crippen molar-refractivity contribution in [3.05, 3.63) is 28.5 Å². The van der Waals surface area contributed by atoms with E-state index in [0.29, 0.717) is 6.42 Å². The number of carbonyl (C=O) groups is 1. The van der Waals surface area contributed by atoms with E-state index in [4.69, 9.17) is 0 Å². The minimum absolute atomic E-state index is 0.157. The summed E-state index contributed by atoms with van der Waals surface area (Å²) in [4.78, 5) is 14.6. The Kier molecular flexibility index (Phi) is 2.76. The number of hydrogen-bond donors (Lipinski definition) is 0. The third-order valence-corrected chi connectivity index (χ3v) is 1.65. The maximum absolute atomic E-state index is 10.7. The standard InChI is InChI=1S/C8H8BrNO/c1-6(11)2-7-3-8(9)5-10-4-7/h3-5H,2H2,1H3. The molecule has 0 aliphatic rings. The molecule has 0 saturated carbocycles. The first-order chi connectivity index (χ1) is 5.18. The number of pyridine rings is 1. The van der Waals surface area contributed by atoms with E-state index in [-0.39, 0.29) is 5.78 Å². The zero-order valence-electron chi connectivity index (χ0n) is 6.17. The van der Waals surface area contributed by atoms with Crippen LogP contribution in [0.15, 0.2) is 22.9 Å². The molecular formula is C8H8BrNO. The summed E-state index contributed by atoms with van der Waals surface area (Å²) in [5.74, 6) is 0.157. The fourth-order valence-corrected chi connectivity index (χ4v) is 1.25. The summed E-state index contributed by atoms with van der Waals surface area (Å²) in [6.45, 7) is 1.57. The normalized spacial score (nSPS) is 9.64. The van der Waals surface area contributed by atoms with Crippen molar-refractivity contribution in [2.75, 3.05) is 0 Å². The lowest BCUT2D eigenvalue weighted by Crippen LogP contribution is -1.96. The molecule has 1 aromatic heterocycles. The molecule has 1 heterocycles. The van der Waals surface area contributed by atoms with E-state index in [2.05, 4.69) is 20.9 Å². The molecule has 1 aromatic rings. The second-order valence-electron chi connectivity index (χ2n) is 2.39. The van der Waals surface area contributed by atoms with E-state index in [1.165, 1.54) is 0 Å². The van der Waals surface area contributed by atoms with Crippen LogP contribution in [0.25, 0.3) is 0 Å². The minimum Gasteiger partial charge on any atom is -0.300 e. The summed E-state index contributed by atoms with van der Waals surface area (Å²) in [5, 5.41) is 0. The summed E-state index contributed by atoms with van der Waals surface area (Å²) in [6.07, 6.45) is 3.86. The Labute approximate surface area is 73.8 Å². The second kappa shape index (κ2) is 3.62. The van der Waals surface area contributed by atoms with Gasteiger partial charge in [0, 0.05) is 23.3 Å². The summed E-state index contributed by atoms with van der Waals surface area (Å²) in [6, 6.07) is 1.90. The SMILES string of the molecule is CC(=O)Cc1cncc(Br)c1. The summed E-state index contributed by atoms with van der Waals surface area (Å²) >= 11 is 3.28. The number of hydrogen-bond acceptors (Lipinski definition) is 2. The predicted molar refractivity (Wildman–Crippen MR) is 46.3 cm³/mol. The lowest BCUT2D eigenvalue weighted by molar-refractivity contribution is -0.116. The Bertz CT molecular complexity index is 273. The lowest BCUT2D eigenvalue weighted by Gasteiger charge is -1.95. The van der Waals surface area contributed by atoms with Crippen LogP contribution in [0.5, 0.6) is 0 Å². The van der Waals surface area contributed by atoms with Gasteiger partial charge in [0.1, 0.15) is 5.78 Å². The van der Waals surface area contributed by atoms with Crippen molar-refractivity contribution >= 4 is 21.7 Å². The van der Waals surface area contributed by atoms with Gasteiger partial charge in [-0.15, -0.1) is 0 Å². The smallest absolute Gasteiger partial charge is 0.134 e. The van der Waals surface area contributed by atoms with E-state index >= 15 is 0 Å². The van der Waals surface area contributed by atoms with Gasteiger partial charge in [-0.3, -0.25) is 9.78 Å². The average Bonchev–Trinajstić information content (AvgIpc) is 1.85. The Morgan fingerprint density at radius 1 is 1.64 bits per heavy atom. The maximum Gasteiger partial charge on any atom is 0.134 e. The molecule has 0 spiro atoms. The zero-order chi connectivity index (χ0) is 8.27. The number of halogens is 1. The molecule has 0 fully saturated rings. The number of ketones is 1. The molecule has 1 rings (SSSR count). The fourth-order valence-electron chi connectivity index (χ4n) is 0.840. The van der Waals surface area contributed by atoms with Crippen LogP contribution < -0.4 is 0 Å². The van der Waals surface area contributed by atoms with Gasteiger partial charge < -0.3 is 0 Å². The minimum atomic E-state index is 0.157. The van der Waals surface area contributed by atoms with Gasteiger partial charge in [-0.05, 0) is 34.5 Å². The van der Waals surface area contributed by atoms with E-state index in [1.54, 1.807) is 19.3 Å². The van der Waals surface area contributed by atoms with Crippen LogP contribution in [-0.4, -0.2) is 10.8 Å². The van der Waals surface area contributed by atoms with Crippen LogP contribution in [-0.2, 0) is 11.2 Å². The quantitative estimate of drug-likeness (QED) is 0.753. The van der Waals surface area contributed by atoms with Crippen molar-refractivity contribution < 1.29 is 4.79 Å². The first-order valence-electron chi connectivity index (χ1n) is 3.27. The highest BCUT2D eigenvalue weighted by Crippen LogP contribution is 2.09. The van der Waals surface area contributed by atoms with Gasteiger partial charge in [-0.25, -0.2) is 0 Å². The summed E-state index contributed by atoms with van der Waals surface area (Å²) < 4.78 is 0.913. The molecule has 58 valence electrons. The molecule has 0 aliphatic heterocycles. The summed E-state index contributed by atoms with van der Waals surface area (Å²) in [5.41, 5.74) is 0.951. The highest BCUT2D eigenvalue weighted by atomic mass is 79.9. The third-order valence-electron chi connectivity index (χ3n) is 1.21. The van der Waals surface area contributed by atoms with Gasteiger partial charge in [-0.2, -0.15) is 0 Å². The van der Waals surface area contributed by atoms with Gasteiger partial charge in [0.15, 0.2) is 0 Å². The molecule has 0 radical (unpaired) electrons. The monoisotopic (exact) mass is 213 g/mol. The topological polar surface area (TPSA) is 30.0 Å². The predicted octanol–water partition coefficient (Wildman–Crippen LogP) is 1.98. The van der Waals surface area contributed by atoms with Crippen molar-refractivity contribution in [2.45, 2.75) is 13.3 Å². The summed E-state index contributed by atoms with van der Waals surface area (Å²) in [7, 11) is 0. The number of nitrogens with zero attached hydrogens (tertiary/aromatic N) is 1. The lowest BCUT2D eigenvalue weighted by atomic mass is 10.2. The van der Waals surface area contributed by atoms with E-state index < -0.39 is 0 Å². The molecule has 0 aliphatic carbocycles. The van der Waals surface area contributed by atoms with Crippen molar-refractivity contribution in [3.8, 4) is 0 Å². The van der Waals surface area contributed by atoms with Crippen LogP contribution >= 0.6 is 15.9 Å². The molecule has 0 unspecified atom stereocenters. The molecule has 0 amide bonds. The molecule has 11 heavy (non-hydrogen) atoms. The Hall–Kier alpha value is -0.700. The van der Waals surface area contributed by atoms with E-state index in [0.717, 1.165) is 10.0 Å². The van der Waals surface area contributed by atoms with Gasteiger partial charge in [0.2, 0.25) is 0 Å². The van der Waals surface area contributed by atoms with Crippen LogP contribution in [0, 0.1) is 0 Å². The number of aromatic nitrogens is 1. The largest absolute Gasteiger partial charge is 0.300 e. The van der Waals surface area contributed by atoms with Crippen LogP contribution in [0.4, 0.5) is 0 Å². The molecule has 0 aromatic carbocycles. The highest BCUT2D eigenvalue weighted by Gasteiger charge is 1.97. The first-order valence-corrected chi connectivity index (χ1v) is 4.06.